The zero-order chi connectivity index (χ0) is 13.2. The van der Waals surface area contributed by atoms with Gasteiger partial charge >= 0.3 is 11.9 Å². The maximum absolute atomic E-state index is 11.7. The number of rotatable bonds is 5. The van der Waals surface area contributed by atoms with E-state index in [9.17, 15) is 9.59 Å². The molecule has 0 aromatic rings. The number of carboxylic acid groups (broad SMARTS) is 1. The summed E-state index contributed by atoms with van der Waals surface area (Å²) >= 11 is 0. The van der Waals surface area contributed by atoms with Crippen molar-refractivity contribution in [2.24, 2.45) is 17.8 Å². The molecule has 0 amide bonds. The van der Waals surface area contributed by atoms with Gasteiger partial charge in [0.15, 0.2) is 0 Å². The maximum atomic E-state index is 11.7. The van der Waals surface area contributed by atoms with Crippen LogP contribution in [0.3, 0.4) is 0 Å². The summed E-state index contributed by atoms with van der Waals surface area (Å²) in [6.45, 7) is 7.42. The smallest absolute Gasteiger partial charge is 0.329 e. The van der Waals surface area contributed by atoms with Crippen LogP contribution in [0.1, 0.15) is 27.7 Å². The molecule has 1 N–H and O–H groups in total. The van der Waals surface area contributed by atoms with Gasteiger partial charge in [-0.25, -0.2) is 4.79 Å². The first-order chi connectivity index (χ1) is 7.72. The second-order valence-electron chi connectivity index (χ2n) is 5.49. The van der Waals surface area contributed by atoms with Crippen molar-refractivity contribution < 1.29 is 24.2 Å². The summed E-state index contributed by atoms with van der Waals surface area (Å²) in [5.74, 6) is -1.06. The molecule has 1 saturated carbocycles. The fourth-order valence-electron chi connectivity index (χ4n) is 1.84. The topological polar surface area (TPSA) is 72.8 Å². The summed E-state index contributed by atoms with van der Waals surface area (Å²) in [6.07, 6.45) is 0. The molecule has 1 aliphatic carbocycles. The number of hydrogen-bond donors (Lipinski definition) is 1. The van der Waals surface area contributed by atoms with Gasteiger partial charge in [0, 0.05) is 0 Å². The molecular weight excluding hydrogens is 224 g/mol. The lowest BCUT2D eigenvalue weighted by Gasteiger charge is -2.19. The van der Waals surface area contributed by atoms with E-state index in [0.717, 1.165) is 0 Å². The number of ether oxygens (including phenoxy) is 2. The van der Waals surface area contributed by atoms with Gasteiger partial charge in [-0.05, 0) is 32.6 Å². The largest absolute Gasteiger partial charge is 0.480 e. The normalized spacial score (nSPS) is 27.6. The second kappa shape index (κ2) is 5.04. The minimum Gasteiger partial charge on any atom is -0.480 e. The minimum atomic E-state index is -0.993. The monoisotopic (exact) mass is 244 g/mol. The molecule has 0 unspecified atom stereocenters. The van der Waals surface area contributed by atoms with Gasteiger partial charge in [0.05, 0.1) is 12.5 Å². The SMILES string of the molecule is C[C@H]1[C@@H](COCC(=O)O)[C@@H]1C(=O)OC(C)(C)C. The molecule has 5 nitrogen and oxygen atoms in total. The van der Waals surface area contributed by atoms with Crippen molar-refractivity contribution in [1.29, 1.82) is 0 Å². The molecule has 0 heterocycles. The van der Waals surface area contributed by atoms with E-state index in [1.807, 2.05) is 27.7 Å². The van der Waals surface area contributed by atoms with Gasteiger partial charge in [0.2, 0.25) is 0 Å². The van der Waals surface area contributed by atoms with Crippen molar-refractivity contribution >= 4 is 11.9 Å². The van der Waals surface area contributed by atoms with Crippen LogP contribution in [0.5, 0.6) is 0 Å². The first kappa shape index (κ1) is 14.0. The first-order valence-electron chi connectivity index (χ1n) is 5.75. The fourth-order valence-corrected chi connectivity index (χ4v) is 1.84. The van der Waals surface area contributed by atoms with E-state index >= 15 is 0 Å². The summed E-state index contributed by atoms with van der Waals surface area (Å²) in [7, 11) is 0. The number of aliphatic carboxylic acids is 1. The Hall–Kier alpha value is -1.10. The highest BCUT2D eigenvalue weighted by molar-refractivity contribution is 5.76. The summed E-state index contributed by atoms with van der Waals surface area (Å²) in [5.41, 5.74) is -0.480. The first-order valence-corrected chi connectivity index (χ1v) is 5.75. The highest BCUT2D eigenvalue weighted by atomic mass is 16.6. The highest BCUT2D eigenvalue weighted by Gasteiger charge is 2.53. The molecule has 0 radical (unpaired) electrons. The van der Waals surface area contributed by atoms with Crippen LogP contribution in [0.2, 0.25) is 0 Å². The van der Waals surface area contributed by atoms with Gasteiger partial charge in [-0.1, -0.05) is 6.92 Å². The Morgan fingerprint density at radius 2 is 1.88 bits per heavy atom. The highest BCUT2D eigenvalue weighted by Crippen LogP contribution is 2.47. The summed E-state index contributed by atoms with van der Waals surface area (Å²) in [5, 5.41) is 8.42. The minimum absolute atomic E-state index is 0.0872. The molecule has 0 aromatic carbocycles. The average molecular weight is 244 g/mol. The van der Waals surface area contributed by atoms with Gasteiger partial charge in [0.1, 0.15) is 12.2 Å². The number of hydrogen-bond acceptors (Lipinski definition) is 4. The molecule has 0 bridgehead atoms. The molecule has 1 rings (SSSR count). The molecule has 98 valence electrons. The molecule has 0 saturated heterocycles. The van der Waals surface area contributed by atoms with Crippen LogP contribution in [0, 0.1) is 17.8 Å². The maximum Gasteiger partial charge on any atom is 0.329 e. The Morgan fingerprint density at radius 3 is 2.35 bits per heavy atom. The second-order valence-corrected chi connectivity index (χ2v) is 5.49. The molecule has 0 spiro atoms. The van der Waals surface area contributed by atoms with Crippen LogP contribution >= 0.6 is 0 Å². The molecule has 0 aliphatic heterocycles. The lowest BCUT2D eigenvalue weighted by atomic mass is 10.2. The van der Waals surface area contributed by atoms with Crippen molar-refractivity contribution in [3.8, 4) is 0 Å². The third-order valence-corrected chi connectivity index (χ3v) is 2.78. The lowest BCUT2D eigenvalue weighted by molar-refractivity contribution is -0.157. The molecule has 5 heteroatoms. The lowest BCUT2D eigenvalue weighted by Crippen LogP contribution is -2.25. The van der Waals surface area contributed by atoms with Crippen LogP contribution < -0.4 is 0 Å². The van der Waals surface area contributed by atoms with Crippen molar-refractivity contribution in [3.05, 3.63) is 0 Å². The molecular formula is C12H20O5. The molecule has 1 aliphatic rings. The van der Waals surface area contributed by atoms with E-state index in [-0.39, 0.29) is 30.3 Å². The van der Waals surface area contributed by atoms with E-state index in [4.69, 9.17) is 14.6 Å². The van der Waals surface area contributed by atoms with E-state index < -0.39 is 11.6 Å². The third-order valence-electron chi connectivity index (χ3n) is 2.78. The Bertz CT molecular complexity index is 305. The summed E-state index contributed by atoms with van der Waals surface area (Å²) < 4.78 is 10.3. The van der Waals surface area contributed by atoms with Gasteiger partial charge in [-0.3, -0.25) is 4.79 Å². The molecule has 1 fully saturated rings. The van der Waals surface area contributed by atoms with Crippen molar-refractivity contribution in [3.63, 3.8) is 0 Å². The van der Waals surface area contributed by atoms with Crippen LogP contribution in [0.4, 0.5) is 0 Å². The van der Waals surface area contributed by atoms with Crippen LogP contribution in [0.25, 0.3) is 0 Å². The van der Waals surface area contributed by atoms with Crippen LogP contribution in [-0.4, -0.2) is 35.9 Å². The zero-order valence-electron chi connectivity index (χ0n) is 10.7. The van der Waals surface area contributed by atoms with Gasteiger partial charge < -0.3 is 14.6 Å². The summed E-state index contributed by atoms with van der Waals surface area (Å²) in [6, 6.07) is 0. The van der Waals surface area contributed by atoms with Crippen molar-refractivity contribution in [1.82, 2.24) is 0 Å². The van der Waals surface area contributed by atoms with Crippen LogP contribution in [0.15, 0.2) is 0 Å². The average Bonchev–Trinajstić information content (AvgIpc) is 2.73. The number of carbonyl (C=O) groups is 2. The van der Waals surface area contributed by atoms with E-state index in [2.05, 4.69) is 0 Å². The fraction of sp³-hybridized carbons (Fsp3) is 0.833. The summed E-state index contributed by atoms with van der Waals surface area (Å²) in [4.78, 5) is 22.0. The van der Waals surface area contributed by atoms with E-state index in [0.29, 0.717) is 6.61 Å². The molecule has 3 atom stereocenters. The Morgan fingerprint density at radius 1 is 1.29 bits per heavy atom. The van der Waals surface area contributed by atoms with Gasteiger partial charge in [0.25, 0.3) is 0 Å². The standard InChI is InChI=1S/C12H20O5/c1-7-8(5-16-6-9(13)14)10(7)11(15)17-12(2,3)4/h7-8,10H,5-6H2,1-4H3,(H,13,14)/t7-,8+,10+/m0/s1. The quantitative estimate of drug-likeness (QED) is 0.738. The van der Waals surface area contributed by atoms with Crippen molar-refractivity contribution in [2.45, 2.75) is 33.3 Å². The van der Waals surface area contributed by atoms with E-state index in [1.54, 1.807) is 0 Å². The Labute approximate surface area is 101 Å². The number of esters is 1. The van der Waals surface area contributed by atoms with Gasteiger partial charge in [-0.15, -0.1) is 0 Å². The number of carboxylic acids is 1. The predicted molar refractivity (Wildman–Crippen MR) is 60.4 cm³/mol. The molecule has 17 heavy (non-hydrogen) atoms. The van der Waals surface area contributed by atoms with E-state index in [1.165, 1.54) is 0 Å². The number of carbonyl (C=O) groups excluding carboxylic acids is 1. The molecule has 0 aromatic heterocycles. The third kappa shape index (κ3) is 4.34. The Balaban J connectivity index is 2.32. The predicted octanol–water partition coefficient (Wildman–Crippen LogP) is 1.31. The zero-order valence-corrected chi connectivity index (χ0v) is 10.7. The Kier molecular flexibility index (Phi) is 4.14. The van der Waals surface area contributed by atoms with Crippen LogP contribution in [-0.2, 0) is 19.1 Å². The van der Waals surface area contributed by atoms with Gasteiger partial charge in [-0.2, -0.15) is 0 Å². The van der Waals surface area contributed by atoms with Crippen molar-refractivity contribution in [2.75, 3.05) is 13.2 Å².